The van der Waals surface area contributed by atoms with Gasteiger partial charge in [0.05, 0.1) is 40.2 Å². The second-order valence-electron chi connectivity index (χ2n) is 10.4. The Morgan fingerprint density at radius 1 is 0.625 bits per heavy atom. The molecule has 0 bridgehead atoms. The quantitative estimate of drug-likeness (QED) is 0.0874. The molecule has 0 rings (SSSR count). The van der Waals surface area contributed by atoms with E-state index in [2.05, 4.69) is 39.8 Å². The van der Waals surface area contributed by atoms with E-state index in [4.69, 9.17) is 4.74 Å². The van der Waals surface area contributed by atoms with Crippen molar-refractivity contribution < 1.29 is 14.0 Å². The van der Waals surface area contributed by atoms with Gasteiger partial charge in [-0.05, 0) is 25.8 Å². The smallest absolute Gasteiger partial charge is 0.307 e. The fourth-order valence-corrected chi connectivity index (χ4v) is 4.23. The molecule has 0 spiro atoms. The Morgan fingerprint density at radius 2 is 1.12 bits per heavy atom. The number of hydrogen-bond donors (Lipinski definition) is 0. The second-order valence-corrected chi connectivity index (χ2v) is 10.4. The lowest BCUT2D eigenvalue weighted by molar-refractivity contribution is -0.890. The van der Waals surface area contributed by atoms with Gasteiger partial charge >= 0.3 is 5.97 Å². The van der Waals surface area contributed by atoms with Gasteiger partial charge in [0.2, 0.25) is 0 Å². The summed E-state index contributed by atoms with van der Waals surface area (Å²) in [5.41, 5.74) is 0. The molecule has 192 valence electrons. The molecule has 4 nitrogen and oxygen atoms in total. The first kappa shape index (κ1) is 31.4. The topological polar surface area (TPSA) is 29.5 Å². The maximum absolute atomic E-state index is 12.2. The van der Waals surface area contributed by atoms with E-state index in [0.717, 1.165) is 30.5 Å². The van der Waals surface area contributed by atoms with E-state index in [0.29, 0.717) is 13.0 Å². The molecule has 0 unspecified atom stereocenters. The number of quaternary nitrogens is 1. The zero-order valence-corrected chi connectivity index (χ0v) is 22.8. The molecule has 4 heteroatoms. The summed E-state index contributed by atoms with van der Waals surface area (Å²) < 4.78 is 6.61. The van der Waals surface area contributed by atoms with E-state index < -0.39 is 0 Å². The third-order valence-corrected chi connectivity index (χ3v) is 6.58. The third kappa shape index (κ3) is 21.2. The molecule has 0 radical (unpaired) electrons. The van der Waals surface area contributed by atoms with Crippen molar-refractivity contribution in [2.45, 2.75) is 124 Å². The minimum absolute atomic E-state index is 0.0125. The molecule has 0 aliphatic heterocycles. The second kappa shape index (κ2) is 22.2. The number of hydrogen-bond acceptors (Lipinski definition) is 3. The van der Waals surface area contributed by atoms with Crippen LogP contribution in [0.3, 0.4) is 0 Å². The Balaban J connectivity index is 3.84. The summed E-state index contributed by atoms with van der Waals surface area (Å²) in [4.78, 5) is 14.7. The van der Waals surface area contributed by atoms with Crippen LogP contribution in [0.25, 0.3) is 0 Å². The predicted octanol–water partition coefficient (Wildman–Crippen LogP) is 7.21. The highest BCUT2D eigenvalue weighted by molar-refractivity contribution is 5.69. The molecule has 0 aliphatic rings. The molecule has 32 heavy (non-hydrogen) atoms. The monoisotopic (exact) mass is 455 g/mol. The highest BCUT2D eigenvalue weighted by Crippen LogP contribution is 2.11. The van der Waals surface area contributed by atoms with E-state index in [9.17, 15) is 4.79 Å². The average Bonchev–Trinajstić information content (AvgIpc) is 2.77. The van der Waals surface area contributed by atoms with Crippen molar-refractivity contribution in [1.82, 2.24) is 4.90 Å². The third-order valence-electron chi connectivity index (χ3n) is 6.58. The Hall–Kier alpha value is -0.610. The summed E-state index contributed by atoms with van der Waals surface area (Å²) in [6.45, 7) is 12.9. The van der Waals surface area contributed by atoms with Crippen LogP contribution >= 0.6 is 0 Å². The van der Waals surface area contributed by atoms with Crippen molar-refractivity contribution in [3.63, 3.8) is 0 Å². The number of esters is 1. The Kier molecular flexibility index (Phi) is 21.8. The molecule has 0 amide bonds. The predicted molar refractivity (Wildman–Crippen MR) is 140 cm³/mol. The minimum atomic E-state index is -0.0125. The molecule has 0 saturated carbocycles. The SMILES string of the molecule is CCCCCCCCCCCCOC(=O)CCN(CCCC)CCC[N+](C)(C)CCCC. The van der Waals surface area contributed by atoms with E-state index >= 15 is 0 Å². The van der Waals surface area contributed by atoms with Crippen LogP contribution in [0, 0.1) is 0 Å². The number of ether oxygens (including phenoxy) is 1. The van der Waals surface area contributed by atoms with Crippen LogP contribution in [0.15, 0.2) is 0 Å². The zero-order valence-electron chi connectivity index (χ0n) is 22.8. The number of rotatable bonds is 24. The lowest BCUT2D eigenvalue weighted by atomic mass is 10.1. The summed E-state index contributed by atoms with van der Waals surface area (Å²) in [6, 6.07) is 0. The molecule has 0 fully saturated rings. The Morgan fingerprint density at radius 3 is 1.72 bits per heavy atom. The molecule has 0 atom stereocenters. The molecule has 0 heterocycles. The van der Waals surface area contributed by atoms with Crippen molar-refractivity contribution >= 4 is 5.97 Å². The van der Waals surface area contributed by atoms with Gasteiger partial charge < -0.3 is 14.1 Å². The van der Waals surface area contributed by atoms with Gasteiger partial charge in [-0.2, -0.15) is 0 Å². The summed E-state index contributed by atoms with van der Waals surface area (Å²) in [5.74, 6) is -0.0125. The number of unbranched alkanes of at least 4 members (excludes halogenated alkanes) is 11. The molecule has 0 N–H and O–H groups in total. The normalized spacial score (nSPS) is 11.9. The van der Waals surface area contributed by atoms with Crippen molar-refractivity contribution in [1.29, 1.82) is 0 Å². The van der Waals surface area contributed by atoms with E-state index in [1.54, 1.807) is 0 Å². The van der Waals surface area contributed by atoms with Crippen LogP contribution in [0.4, 0.5) is 0 Å². The van der Waals surface area contributed by atoms with Gasteiger partial charge in [0.25, 0.3) is 0 Å². The van der Waals surface area contributed by atoms with Gasteiger partial charge in [-0.3, -0.25) is 4.79 Å². The molecular weight excluding hydrogens is 396 g/mol. The maximum Gasteiger partial charge on any atom is 0.307 e. The average molecular weight is 456 g/mol. The van der Waals surface area contributed by atoms with Crippen molar-refractivity contribution in [3.8, 4) is 0 Å². The molecular formula is C28H59N2O2+. The molecule has 0 aromatic rings. The van der Waals surface area contributed by atoms with E-state index in [1.807, 2.05) is 0 Å². The summed E-state index contributed by atoms with van der Waals surface area (Å²) in [5, 5.41) is 0. The number of carbonyl (C=O) groups excluding carboxylic acids is 1. The summed E-state index contributed by atoms with van der Waals surface area (Å²) in [7, 11) is 4.69. The molecule has 0 saturated heterocycles. The van der Waals surface area contributed by atoms with E-state index in [-0.39, 0.29) is 5.97 Å². The Bertz CT molecular complexity index is 412. The van der Waals surface area contributed by atoms with Crippen LogP contribution in [0.1, 0.15) is 124 Å². The van der Waals surface area contributed by atoms with E-state index in [1.165, 1.54) is 103 Å². The fraction of sp³-hybridized carbons (Fsp3) is 0.964. The van der Waals surface area contributed by atoms with Crippen LogP contribution in [0.2, 0.25) is 0 Å². The van der Waals surface area contributed by atoms with Crippen molar-refractivity contribution in [3.05, 3.63) is 0 Å². The number of carbonyl (C=O) groups is 1. The highest BCUT2D eigenvalue weighted by Gasteiger charge is 2.15. The lowest BCUT2D eigenvalue weighted by Crippen LogP contribution is -2.42. The van der Waals surface area contributed by atoms with Gasteiger partial charge in [-0.1, -0.05) is 91.4 Å². The van der Waals surface area contributed by atoms with Gasteiger partial charge in [0, 0.05) is 19.5 Å². The van der Waals surface area contributed by atoms with Crippen molar-refractivity contribution in [2.24, 2.45) is 0 Å². The van der Waals surface area contributed by atoms with Crippen LogP contribution in [-0.2, 0) is 9.53 Å². The van der Waals surface area contributed by atoms with Crippen molar-refractivity contribution in [2.75, 3.05) is 53.4 Å². The fourth-order valence-electron chi connectivity index (χ4n) is 4.23. The largest absolute Gasteiger partial charge is 0.466 e. The standard InChI is InChI=1S/C28H59N2O2/c1-6-9-12-13-14-15-16-17-18-19-27-32-28(31)21-24-29(22-10-7-2)23-20-26-30(4,5)25-11-8-3/h6-27H2,1-5H3/q+1. The summed E-state index contributed by atoms with van der Waals surface area (Å²) >= 11 is 0. The van der Waals surface area contributed by atoms with Gasteiger partial charge in [-0.25, -0.2) is 0 Å². The molecule has 0 aromatic carbocycles. The Labute approximate surface area is 202 Å². The van der Waals surface area contributed by atoms with Gasteiger partial charge in [-0.15, -0.1) is 0 Å². The maximum atomic E-state index is 12.2. The molecule has 0 aromatic heterocycles. The summed E-state index contributed by atoms with van der Waals surface area (Å²) in [6.07, 6.45) is 19.8. The number of nitrogens with zero attached hydrogens (tertiary/aromatic N) is 2. The lowest BCUT2D eigenvalue weighted by Gasteiger charge is -2.31. The van der Waals surface area contributed by atoms with Crippen LogP contribution in [0.5, 0.6) is 0 Å². The first-order chi connectivity index (χ1) is 15.4. The van der Waals surface area contributed by atoms with Crippen LogP contribution < -0.4 is 0 Å². The highest BCUT2D eigenvalue weighted by atomic mass is 16.5. The van der Waals surface area contributed by atoms with Gasteiger partial charge in [0.1, 0.15) is 0 Å². The zero-order chi connectivity index (χ0) is 23.9. The first-order valence-electron chi connectivity index (χ1n) is 14.1. The first-order valence-corrected chi connectivity index (χ1v) is 14.1. The molecule has 0 aliphatic carbocycles. The van der Waals surface area contributed by atoms with Crippen LogP contribution in [-0.4, -0.2) is 68.8 Å². The minimum Gasteiger partial charge on any atom is -0.466 e. The van der Waals surface area contributed by atoms with Gasteiger partial charge in [0.15, 0.2) is 0 Å².